The average molecular weight is 287 g/mol. The van der Waals surface area contributed by atoms with Crippen LogP contribution >= 0.6 is 11.3 Å². The van der Waals surface area contributed by atoms with E-state index in [1.54, 1.807) is 6.20 Å². The summed E-state index contributed by atoms with van der Waals surface area (Å²) < 4.78 is 39.1. The first kappa shape index (κ1) is 12.8. The highest BCUT2D eigenvalue weighted by molar-refractivity contribution is 7.93. The second-order valence-corrected chi connectivity index (χ2v) is 6.45. The van der Waals surface area contributed by atoms with Gasteiger partial charge in [-0.1, -0.05) is 0 Å². The van der Waals surface area contributed by atoms with Crippen molar-refractivity contribution in [2.45, 2.75) is 11.8 Å². The number of anilines is 2. The van der Waals surface area contributed by atoms with Gasteiger partial charge < -0.3 is 5.73 Å². The predicted molar refractivity (Wildman–Crippen MR) is 68.5 cm³/mol. The minimum Gasteiger partial charge on any atom is -0.398 e. The minimum atomic E-state index is -3.84. The van der Waals surface area contributed by atoms with Crippen LogP contribution in [-0.4, -0.2) is 13.4 Å². The van der Waals surface area contributed by atoms with Crippen molar-refractivity contribution in [2.75, 3.05) is 10.5 Å². The number of nitrogens with zero attached hydrogens (tertiary/aromatic N) is 1. The maximum Gasteiger partial charge on any atom is 0.265 e. The number of hydrogen-bond acceptors (Lipinski definition) is 5. The Hall–Kier alpha value is -1.67. The molecule has 3 N–H and O–H groups in total. The van der Waals surface area contributed by atoms with E-state index < -0.39 is 15.8 Å². The number of nitrogen functional groups attached to an aromatic ring is 1. The molecular weight excluding hydrogens is 277 g/mol. The lowest BCUT2D eigenvalue weighted by Crippen LogP contribution is -2.14. The Kier molecular flexibility index (Phi) is 3.22. The molecule has 0 aliphatic heterocycles. The topological polar surface area (TPSA) is 85.1 Å². The molecule has 0 bridgehead atoms. The van der Waals surface area contributed by atoms with E-state index in [1.165, 1.54) is 11.3 Å². The van der Waals surface area contributed by atoms with Crippen molar-refractivity contribution in [3.8, 4) is 0 Å². The first-order chi connectivity index (χ1) is 8.38. The Bertz CT molecular complexity index is 682. The van der Waals surface area contributed by atoms with Crippen molar-refractivity contribution >= 4 is 32.2 Å². The van der Waals surface area contributed by atoms with Crippen molar-refractivity contribution < 1.29 is 12.8 Å². The van der Waals surface area contributed by atoms with Crippen LogP contribution in [0.5, 0.6) is 0 Å². The largest absolute Gasteiger partial charge is 0.398 e. The first-order valence-corrected chi connectivity index (χ1v) is 7.19. The van der Waals surface area contributed by atoms with Crippen molar-refractivity contribution in [1.82, 2.24) is 4.98 Å². The van der Waals surface area contributed by atoms with E-state index >= 15 is 0 Å². The summed E-state index contributed by atoms with van der Waals surface area (Å²) in [7, 11) is -3.84. The molecule has 0 amide bonds. The van der Waals surface area contributed by atoms with E-state index in [0.29, 0.717) is 0 Å². The van der Waals surface area contributed by atoms with Crippen LogP contribution < -0.4 is 10.5 Å². The van der Waals surface area contributed by atoms with Gasteiger partial charge >= 0.3 is 0 Å². The van der Waals surface area contributed by atoms with Gasteiger partial charge in [0.05, 0.1) is 5.69 Å². The van der Waals surface area contributed by atoms with Crippen LogP contribution in [0.2, 0.25) is 0 Å². The van der Waals surface area contributed by atoms with Crippen molar-refractivity contribution in [3.05, 3.63) is 35.1 Å². The molecule has 0 fully saturated rings. The summed E-state index contributed by atoms with van der Waals surface area (Å²) in [5.41, 5.74) is 5.35. The molecule has 1 aromatic heterocycles. The van der Waals surface area contributed by atoms with Gasteiger partial charge in [-0.25, -0.2) is 17.8 Å². The number of hydrogen-bond donors (Lipinski definition) is 2. The number of aromatic nitrogens is 1. The number of halogens is 1. The normalized spacial score (nSPS) is 11.4. The molecule has 2 aromatic rings. The van der Waals surface area contributed by atoms with Crippen LogP contribution in [0.4, 0.5) is 15.2 Å². The van der Waals surface area contributed by atoms with Gasteiger partial charge in [-0.05, 0) is 25.1 Å². The monoisotopic (exact) mass is 287 g/mol. The summed E-state index contributed by atoms with van der Waals surface area (Å²) >= 11 is 1.20. The molecule has 0 aliphatic carbocycles. The maximum atomic E-state index is 12.9. The van der Waals surface area contributed by atoms with Crippen molar-refractivity contribution in [2.24, 2.45) is 0 Å². The molecule has 1 aromatic carbocycles. The molecule has 5 nitrogen and oxygen atoms in total. The molecule has 0 saturated carbocycles. The van der Waals surface area contributed by atoms with Gasteiger partial charge in [-0.15, -0.1) is 11.3 Å². The minimum absolute atomic E-state index is 0.143. The molecule has 0 spiro atoms. The molecule has 8 heteroatoms. The number of nitrogens with one attached hydrogen (secondary N) is 1. The zero-order chi connectivity index (χ0) is 13.3. The molecule has 2 rings (SSSR count). The van der Waals surface area contributed by atoms with E-state index in [4.69, 9.17) is 5.73 Å². The predicted octanol–water partition coefficient (Wildman–Crippen LogP) is 1.97. The van der Waals surface area contributed by atoms with E-state index in [9.17, 15) is 12.8 Å². The smallest absolute Gasteiger partial charge is 0.265 e. The van der Waals surface area contributed by atoms with Crippen LogP contribution in [0.3, 0.4) is 0 Å². The molecule has 0 saturated heterocycles. The fraction of sp³-hybridized carbons (Fsp3) is 0.100. The fourth-order valence-corrected chi connectivity index (χ4v) is 3.36. The van der Waals surface area contributed by atoms with Gasteiger partial charge in [0.2, 0.25) is 0 Å². The molecule has 18 heavy (non-hydrogen) atoms. The second kappa shape index (κ2) is 4.54. The van der Waals surface area contributed by atoms with Crippen LogP contribution in [0.15, 0.2) is 29.3 Å². The number of thiazole rings is 1. The maximum absolute atomic E-state index is 12.9. The third-order valence-corrected chi connectivity index (χ3v) is 4.47. The third kappa shape index (κ3) is 2.59. The molecule has 0 aliphatic rings. The van der Waals surface area contributed by atoms with Gasteiger partial charge in [-0.3, -0.25) is 4.72 Å². The number of nitrogens with two attached hydrogens (primary N) is 1. The summed E-state index contributed by atoms with van der Waals surface area (Å²) in [4.78, 5) is 4.59. The van der Waals surface area contributed by atoms with Gasteiger partial charge in [0.15, 0.2) is 5.13 Å². The quantitative estimate of drug-likeness (QED) is 0.845. The number of rotatable bonds is 3. The molecule has 0 unspecified atom stereocenters. The Balaban J connectivity index is 2.36. The highest BCUT2D eigenvalue weighted by atomic mass is 32.2. The van der Waals surface area contributed by atoms with E-state index in [-0.39, 0.29) is 15.7 Å². The molecule has 1 heterocycles. The van der Waals surface area contributed by atoms with E-state index in [1.807, 2.05) is 6.92 Å². The molecule has 0 radical (unpaired) electrons. The summed E-state index contributed by atoms with van der Waals surface area (Å²) in [6.07, 6.45) is 1.55. The van der Waals surface area contributed by atoms with Gasteiger partial charge in [0.1, 0.15) is 10.7 Å². The van der Waals surface area contributed by atoms with E-state index in [0.717, 1.165) is 23.1 Å². The summed E-state index contributed by atoms with van der Waals surface area (Å²) in [6.45, 7) is 1.81. The number of benzene rings is 1. The summed E-state index contributed by atoms with van der Waals surface area (Å²) in [5.74, 6) is -0.587. The summed E-state index contributed by atoms with van der Waals surface area (Å²) in [6, 6.07) is 3.12. The van der Waals surface area contributed by atoms with E-state index in [2.05, 4.69) is 9.71 Å². The molecular formula is C10H10FN3O2S2. The van der Waals surface area contributed by atoms with Crippen LogP contribution in [0.25, 0.3) is 0 Å². The van der Waals surface area contributed by atoms with Gasteiger partial charge in [0.25, 0.3) is 10.0 Å². The average Bonchev–Trinajstić information content (AvgIpc) is 2.62. The standard InChI is InChI=1S/C10H10FN3O2S2/c1-6-5-13-10(17-6)14-18(15,16)9-3-2-7(11)4-8(9)12/h2-5H,12H2,1H3,(H,13,14). The van der Waals surface area contributed by atoms with Crippen molar-refractivity contribution in [3.63, 3.8) is 0 Å². The van der Waals surface area contributed by atoms with Crippen LogP contribution in [-0.2, 0) is 10.0 Å². The number of aryl methyl sites for hydroxylation is 1. The second-order valence-electron chi connectivity index (χ2n) is 3.56. The zero-order valence-electron chi connectivity index (χ0n) is 9.34. The third-order valence-electron chi connectivity index (χ3n) is 2.10. The Morgan fingerprint density at radius 2 is 2.17 bits per heavy atom. The zero-order valence-corrected chi connectivity index (χ0v) is 11.0. The first-order valence-electron chi connectivity index (χ1n) is 4.89. The Labute approximate surface area is 108 Å². The van der Waals surface area contributed by atoms with Crippen LogP contribution in [0.1, 0.15) is 4.88 Å². The highest BCUT2D eigenvalue weighted by Gasteiger charge is 2.19. The Morgan fingerprint density at radius 3 is 2.72 bits per heavy atom. The van der Waals surface area contributed by atoms with Gasteiger partial charge in [-0.2, -0.15) is 0 Å². The van der Waals surface area contributed by atoms with Crippen molar-refractivity contribution in [1.29, 1.82) is 0 Å². The lowest BCUT2D eigenvalue weighted by Gasteiger charge is -2.07. The SMILES string of the molecule is Cc1cnc(NS(=O)(=O)c2ccc(F)cc2N)s1. The summed E-state index contributed by atoms with van der Waals surface area (Å²) in [5, 5.41) is 0.247. The molecule has 0 atom stereocenters. The van der Waals surface area contributed by atoms with Crippen LogP contribution in [0, 0.1) is 12.7 Å². The number of sulfonamides is 1. The lowest BCUT2D eigenvalue weighted by molar-refractivity contribution is 0.600. The Morgan fingerprint density at radius 1 is 1.44 bits per heavy atom. The lowest BCUT2D eigenvalue weighted by atomic mass is 10.3. The fourth-order valence-electron chi connectivity index (χ4n) is 1.34. The van der Waals surface area contributed by atoms with Gasteiger partial charge in [0, 0.05) is 11.1 Å². The molecule has 96 valence electrons. The highest BCUT2D eigenvalue weighted by Crippen LogP contribution is 2.24.